The van der Waals surface area contributed by atoms with Gasteiger partial charge in [-0.25, -0.2) is 0 Å². The minimum Gasteiger partial charge on any atom is -0.473 e. The Morgan fingerprint density at radius 2 is 1.94 bits per heavy atom. The van der Waals surface area contributed by atoms with Crippen molar-refractivity contribution in [3.8, 4) is 5.88 Å². The molecule has 2 heterocycles. The lowest BCUT2D eigenvalue weighted by atomic mass is 10.0. The summed E-state index contributed by atoms with van der Waals surface area (Å²) in [7, 11) is 0. The van der Waals surface area contributed by atoms with Gasteiger partial charge in [0.2, 0.25) is 5.88 Å². The first-order valence-electron chi connectivity index (χ1n) is 5.68. The molecule has 16 heavy (non-hydrogen) atoms. The molecule has 0 bridgehead atoms. The Kier molecular flexibility index (Phi) is 2.97. The third-order valence-electron chi connectivity index (χ3n) is 3.51. The Bertz CT molecular complexity index is 358. The van der Waals surface area contributed by atoms with Gasteiger partial charge in [-0.15, -0.1) is 10.2 Å². The van der Waals surface area contributed by atoms with E-state index in [1.807, 2.05) is 12.1 Å². The van der Waals surface area contributed by atoms with E-state index in [0.717, 1.165) is 41.5 Å². The number of rotatable bonds is 2. The SMILES string of the molecule is Ic1ccc(OC2C[C@H]3CNC[C@H]3C2)nn1. The molecule has 1 saturated carbocycles. The molecule has 1 N–H and O–H groups in total. The normalized spacial score (nSPS) is 32.7. The second-order valence-electron chi connectivity index (χ2n) is 4.58. The third-order valence-corrected chi connectivity index (χ3v) is 4.08. The van der Waals surface area contributed by atoms with Gasteiger partial charge in [0.05, 0.1) is 0 Å². The highest BCUT2D eigenvalue weighted by molar-refractivity contribution is 14.1. The molecule has 2 fully saturated rings. The lowest BCUT2D eigenvalue weighted by Crippen LogP contribution is -2.19. The molecule has 3 atom stereocenters. The van der Waals surface area contributed by atoms with Crippen molar-refractivity contribution < 1.29 is 4.74 Å². The van der Waals surface area contributed by atoms with Crippen molar-refractivity contribution >= 4 is 22.6 Å². The highest BCUT2D eigenvalue weighted by Gasteiger charge is 2.38. The van der Waals surface area contributed by atoms with Crippen LogP contribution in [0.3, 0.4) is 0 Å². The number of ether oxygens (including phenoxy) is 1. The molecule has 1 aromatic heterocycles. The van der Waals surface area contributed by atoms with Crippen LogP contribution in [0.1, 0.15) is 12.8 Å². The van der Waals surface area contributed by atoms with E-state index in [4.69, 9.17) is 4.74 Å². The molecule has 0 amide bonds. The molecule has 4 nitrogen and oxygen atoms in total. The van der Waals surface area contributed by atoms with E-state index in [2.05, 4.69) is 38.1 Å². The van der Waals surface area contributed by atoms with Gasteiger partial charge in [-0.2, -0.15) is 0 Å². The summed E-state index contributed by atoms with van der Waals surface area (Å²) in [6, 6.07) is 3.83. The number of hydrogen-bond donors (Lipinski definition) is 1. The first-order chi connectivity index (χ1) is 7.81. The molecule has 0 aromatic carbocycles. The van der Waals surface area contributed by atoms with E-state index in [1.165, 1.54) is 0 Å². The summed E-state index contributed by atoms with van der Waals surface area (Å²) >= 11 is 2.15. The maximum Gasteiger partial charge on any atom is 0.233 e. The summed E-state index contributed by atoms with van der Waals surface area (Å²) < 4.78 is 6.76. The summed E-state index contributed by atoms with van der Waals surface area (Å²) in [6.45, 7) is 2.31. The quantitative estimate of drug-likeness (QED) is 0.834. The number of nitrogens with zero attached hydrogens (tertiary/aromatic N) is 2. The van der Waals surface area contributed by atoms with E-state index in [1.54, 1.807) is 0 Å². The Morgan fingerprint density at radius 1 is 1.19 bits per heavy atom. The van der Waals surface area contributed by atoms with Crippen LogP contribution in [0.15, 0.2) is 12.1 Å². The minimum absolute atomic E-state index is 0.339. The van der Waals surface area contributed by atoms with Crippen LogP contribution >= 0.6 is 22.6 Å². The average Bonchev–Trinajstić information content (AvgIpc) is 2.81. The van der Waals surface area contributed by atoms with Gasteiger partial charge in [0.15, 0.2) is 0 Å². The number of nitrogens with one attached hydrogen (secondary N) is 1. The second-order valence-corrected chi connectivity index (χ2v) is 5.69. The summed E-state index contributed by atoms with van der Waals surface area (Å²) in [5.74, 6) is 2.28. The predicted molar refractivity (Wildman–Crippen MR) is 68.2 cm³/mol. The van der Waals surface area contributed by atoms with Crippen molar-refractivity contribution in [2.45, 2.75) is 18.9 Å². The molecule has 1 unspecified atom stereocenters. The van der Waals surface area contributed by atoms with Crippen LogP contribution in [0.25, 0.3) is 0 Å². The molecular weight excluding hydrogens is 317 g/mol. The number of fused-ring (bicyclic) bond motifs is 1. The average molecular weight is 331 g/mol. The van der Waals surface area contributed by atoms with Gasteiger partial charge in [0.25, 0.3) is 0 Å². The van der Waals surface area contributed by atoms with Crippen LogP contribution in [0.4, 0.5) is 0 Å². The van der Waals surface area contributed by atoms with Gasteiger partial charge >= 0.3 is 0 Å². The molecular formula is C11H14IN3O. The largest absolute Gasteiger partial charge is 0.473 e. The Morgan fingerprint density at radius 3 is 2.56 bits per heavy atom. The second kappa shape index (κ2) is 4.44. The zero-order chi connectivity index (χ0) is 11.0. The van der Waals surface area contributed by atoms with Gasteiger partial charge in [-0.3, -0.25) is 0 Å². The van der Waals surface area contributed by atoms with Crippen molar-refractivity contribution in [2.24, 2.45) is 11.8 Å². The van der Waals surface area contributed by atoms with Gasteiger partial charge < -0.3 is 10.1 Å². The van der Waals surface area contributed by atoms with Crippen molar-refractivity contribution in [2.75, 3.05) is 13.1 Å². The topological polar surface area (TPSA) is 47.0 Å². The number of aromatic nitrogens is 2. The van der Waals surface area contributed by atoms with Crippen LogP contribution in [0, 0.1) is 15.5 Å². The van der Waals surface area contributed by atoms with Crippen LogP contribution < -0.4 is 10.1 Å². The van der Waals surface area contributed by atoms with E-state index in [0.29, 0.717) is 12.0 Å². The van der Waals surface area contributed by atoms with Crippen molar-refractivity contribution in [3.05, 3.63) is 15.8 Å². The summed E-state index contributed by atoms with van der Waals surface area (Å²) in [5, 5.41) is 11.5. The van der Waals surface area contributed by atoms with Crippen LogP contribution in [0.2, 0.25) is 0 Å². The standard InChI is InChI=1S/C11H14IN3O/c12-10-1-2-11(15-14-10)16-9-3-7-5-13-6-8(7)4-9/h1-2,7-9,13H,3-6H2/t7-,8+,9?. The third kappa shape index (κ3) is 2.15. The molecule has 1 aromatic rings. The zero-order valence-electron chi connectivity index (χ0n) is 8.90. The van der Waals surface area contributed by atoms with Crippen LogP contribution in [0.5, 0.6) is 5.88 Å². The van der Waals surface area contributed by atoms with E-state index < -0.39 is 0 Å². The van der Waals surface area contributed by atoms with Crippen LogP contribution in [-0.4, -0.2) is 29.4 Å². The van der Waals surface area contributed by atoms with Crippen molar-refractivity contribution in [1.29, 1.82) is 0 Å². The lowest BCUT2D eigenvalue weighted by Gasteiger charge is -2.13. The van der Waals surface area contributed by atoms with E-state index in [-0.39, 0.29) is 0 Å². The van der Waals surface area contributed by atoms with Gasteiger partial charge in [-0.05, 0) is 66.4 Å². The fraction of sp³-hybridized carbons (Fsp3) is 0.636. The summed E-state index contributed by atoms with van der Waals surface area (Å²) in [6.07, 6.45) is 2.66. The molecule has 0 spiro atoms. The maximum absolute atomic E-state index is 5.86. The number of hydrogen-bond acceptors (Lipinski definition) is 4. The smallest absolute Gasteiger partial charge is 0.233 e. The lowest BCUT2D eigenvalue weighted by molar-refractivity contribution is 0.189. The monoisotopic (exact) mass is 331 g/mol. The molecule has 86 valence electrons. The van der Waals surface area contributed by atoms with Gasteiger partial charge in [0, 0.05) is 6.07 Å². The van der Waals surface area contributed by atoms with Crippen molar-refractivity contribution in [1.82, 2.24) is 15.5 Å². The molecule has 2 aliphatic rings. The fourth-order valence-electron chi connectivity index (χ4n) is 2.74. The molecule has 3 rings (SSSR count). The number of halogens is 1. The predicted octanol–water partition coefficient (Wildman–Crippen LogP) is 1.46. The van der Waals surface area contributed by atoms with E-state index in [9.17, 15) is 0 Å². The first kappa shape index (κ1) is 10.7. The summed E-state index contributed by atoms with van der Waals surface area (Å²) in [4.78, 5) is 0. The summed E-state index contributed by atoms with van der Waals surface area (Å²) in [5.41, 5.74) is 0. The highest BCUT2D eigenvalue weighted by atomic mass is 127. The molecule has 0 radical (unpaired) electrons. The molecule has 5 heteroatoms. The maximum atomic E-state index is 5.86. The zero-order valence-corrected chi connectivity index (χ0v) is 11.1. The van der Waals surface area contributed by atoms with E-state index >= 15 is 0 Å². The van der Waals surface area contributed by atoms with Gasteiger partial charge in [-0.1, -0.05) is 0 Å². The van der Waals surface area contributed by atoms with Gasteiger partial charge in [0.1, 0.15) is 9.80 Å². The first-order valence-corrected chi connectivity index (χ1v) is 6.76. The Labute approximate surface area is 108 Å². The Balaban J connectivity index is 1.62. The Hall–Kier alpha value is -0.430. The fourth-order valence-corrected chi connectivity index (χ4v) is 3.03. The highest BCUT2D eigenvalue weighted by Crippen LogP contribution is 2.36. The minimum atomic E-state index is 0.339. The molecule has 1 aliphatic heterocycles. The molecule has 1 saturated heterocycles. The molecule has 1 aliphatic carbocycles. The van der Waals surface area contributed by atoms with Crippen molar-refractivity contribution in [3.63, 3.8) is 0 Å². The van der Waals surface area contributed by atoms with Crippen LogP contribution in [-0.2, 0) is 0 Å².